The molecule has 0 saturated heterocycles. The van der Waals surface area contributed by atoms with Gasteiger partial charge in [0.25, 0.3) is 0 Å². The third-order valence-electron chi connectivity index (χ3n) is 5.73. The van der Waals surface area contributed by atoms with E-state index in [-0.39, 0.29) is 6.04 Å². The number of hydrogen-bond donors (Lipinski definition) is 3. The van der Waals surface area contributed by atoms with Crippen molar-refractivity contribution >= 4 is 23.7 Å². The second kappa shape index (κ2) is 11.1. The van der Waals surface area contributed by atoms with Gasteiger partial charge in [0.15, 0.2) is 0 Å². The van der Waals surface area contributed by atoms with Gasteiger partial charge < -0.3 is 15.2 Å². The Labute approximate surface area is 215 Å². The summed E-state index contributed by atoms with van der Waals surface area (Å²) < 4.78 is 6.07. The Hall–Kier alpha value is -4.05. The predicted octanol–water partition coefficient (Wildman–Crippen LogP) is 2.63. The van der Waals surface area contributed by atoms with E-state index in [0.717, 1.165) is 22.6 Å². The van der Waals surface area contributed by atoms with Crippen LogP contribution in [0.15, 0.2) is 72.2 Å². The van der Waals surface area contributed by atoms with Gasteiger partial charge in [-0.25, -0.2) is 14.7 Å². The number of rotatable bonds is 6. The van der Waals surface area contributed by atoms with Gasteiger partial charge in [0, 0.05) is 25.8 Å². The van der Waals surface area contributed by atoms with E-state index in [1.54, 1.807) is 11.0 Å². The fourth-order valence-electron chi connectivity index (χ4n) is 3.99. The highest BCUT2D eigenvalue weighted by atomic mass is 32.1. The second-order valence-corrected chi connectivity index (χ2v) is 8.59. The van der Waals surface area contributed by atoms with E-state index in [9.17, 15) is 0 Å². The quantitative estimate of drug-likeness (QED) is 0.353. The number of para-hydroxylation sites is 1. The van der Waals surface area contributed by atoms with Crippen molar-refractivity contribution in [1.82, 2.24) is 29.2 Å². The number of nitrogens with zero attached hydrogens (tertiary/aromatic N) is 6. The highest BCUT2D eigenvalue weighted by Crippen LogP contribution is 2.11. The van der Waals surface area contributed by atoms with Crippen LogP contribution in [-0.2, 0) is 20.1 Å². The average molecular weight is 502 g/mol. The predicted molar refractivity (Wildman–Crippen MR) is 143 cm³/mol. The van der Waals surface area contributed by atoms with E-state index in [4.69, 9.17) is 17.6 Å². The summed E-state index contributed by atoms with van der Waals surface area (Å²) in [7, 11) is 1.90. The van der Waals surface area contributed by atoms with E-state index in [1.165, 1.54) is 6.33 Å². The smallest absolute Gasteiger partial charge is 0.207 e. The number of fused-ring (bicyclic) bond motifs is 1. The molecule has 5 rings (SSSR count). The molecule has 0 radical (unpaired) electrons. The third kappa shape index (κ3) is 5.13. The summed E-state index contributed by atoms with van der Waals surface area (Å²) in [6.07, 6.45) is 3.18. The summed E-state index contributed by atoms with van der Waals surface area (Å²) in [6.45, 7) is 7.25. The Morgan fingerprint density at radius 3 is 2.50 bits per heavy atom. The number of aromatic nitrogens is 5. The summed E-state index contributed by atoms with van der Waals surface area (Å²) >= 11 is 5.80. The minimum absolute atomic E-state index is 0.113. The largest absolute Gasteiger partial charge is 0.367 e. The maximum Gasteiger partial charge on any atom is 0.207 e. The average Bonchev–Trinajstić information content (AvgIpc) is 3.58. The zero-order chi connectivity index (χ0) is 25.7. The van der Waals surface area contributed by atoms with Crippen molar-refractivity contribution < 1.29 is 0 Å². The van der Waals surface area contributed by atoms with Crippen LogP contribution in [0.4, 0.5) is 5.69 Å². The molecule has 186 valence electrons. The van der Waals surface area contributed by atoms with Crippen molar-refractivity contribution in [2.45, 2.75) is 39.9 Å². The lowest BCUT2D eigenvalue weighted by Crippen LogP contribution is -2.49. The summed E-state index contributed by atoms with van der Waals surface area (Å²) in [4.78, 5) is 8.65. The van der Waals surface area contributed by atoms with Crippen LogP contribution in [-0.4, -0.2) is 29.9 Å². The van der Waals surface area contributed by atoms with Gasteiger partial charge in [-0.2, -0.15) is 5.10 Å². The van der Waals surface area contributed by atoms with Gasteiger partial charge in [0.2, 0.25) is 5.62 Å². The van der Waals surface area contributed by atoms with Crippen LogP contribution in [0.5, 0.6) is 0 Å². The minimum Gasteiger partial charge on any atom is -0.367 e. The first-order chi connectivity index (χ1) is 17.5. The van der Waals surface area contributed by atoms with Crippen LogP contribution in [0.1, 0.15) is 26.3 Å². The number of nitrogens with one attached hydrogen (secondary N) is 3. The van der Waals surface area contributed by atoms with Crippen molar-refractivity contribution in [1.29, 1.82) is 5.41 Å². The van der Waals surface area contributed by atoms with Crippen LogP contribution in [0.2, 0.25) is 0 Å². The first kappa shape index (κ1) is 25.1. The van der Waals surface area contributed by atoms with Crippen molar-refractivity contribution in [2.24, 2.45) is 12.0 Å². The Morgan fingerprint density at radius 2 is 1.83 bits per heavy atom. The summed E-state index contributed by atoms with van der Waals surface area (Å²) in [6, 6.07) is 18.1. The Balaban J connectivity index is 0.00000148. The monoisotopic (exact) mass is 501 g/mol. The molecule has 1 atom stereocenters. The van der Waals surface area contributed by atoms with Gasteiger partial charge in [-0.1, -0.05) is 56.4 Å². The molecule has 2 aromatic heterocycles. The number of anilines is 1. The summed E-state index contributed by atoms with van der Waals surface area (Å²) in [5.74, 6) is 0.687. The lowest BCUT2D eigenvalue weighted by molar-refractivity contribution is 0.587. The van der Waals surface area contributed by atoms with Crippen molar-refractivity contribution in [3.63, 3.8) is 0 Å². The normalized spacial score (nSPS) is 14.7. The first-order valence-corrected chi connectivity index (χ1v) is 12.4. The minimum atomic E-state index is 0.113. The molecule has 0 saturated carbocycles. The van der Waals surface area contributed by atoms with Crippen LogP contribution in [0.3, 0.4) is 0 Å². The van der Waals surface area contributed by atoms with E-state index in [1.807, 2.05) is 91.6 Å². The molecule has 1 aliphatic heterocycles. The first-order valence-electron chi connectivity index (χ1n) is 12.0. The second-order valence-electron chi connectivity index (χ2n) is 8.20. The van der Waals surface area contributed by atoms with Crippen LogP contribution < -0.4 is 27.0 Å². The molecule has 0 amide bonds. The van der Waals surface area contributed by atoms with Gasteiger partial charge in [-0.3, -0.25) is 9.98 Å². The van der Waals surface area contributed by atoms with Crippen molar-refractivity contribution in [2.75, 3.05) is 5.32 Å². The molecule has 9 nitrogen and oxygen atoms in total. The molecule has 3 N–H and O–H groups in total. The molecule has 1 aliphatic rings. The molecular formula is C26H31N9S. The fourth-order valence-corrected chi connectivity index (χ4v) is 4.27. The van der Waals surface area contributed by atoms with Gasteiger partial charge in [-0.05, 0) is 36.8 Å². The lowest BCUT2D eigenvalue weighted by atomic mass is 10.2. The molecule has 3 heterocycles. The van der Waals surface area contributed by atoms with Gasteiger partial charge in [0.05, 0.1) is 16.9 Å². The Morgan fingerprint density at radius 1 is 1.11 bits per heavy atom. The SMILES string of the molecule is CC.CC1Cn2c(=N)/c(=C(\NCc3ccc(-n4cncn4)cc3)Nc3ccccc3)c(=S)n(C)c2=N1. The number of hydrogen-bond acceptors (Lipinski definition) is 7. The third-order valence-corrected chi connectivity index (χ3v) is 6.21. The topological polar surface area (TPSA) is 101 Å². The lowest BCUT2D eigenvalue weighted by Gasteiger charge is -2.16. The standard InChI is InChI=1S/C24H25N9S.C2H6/c1-16-13-32-21(25)20(23(34)31(2)24(32)29-16)22(30-18-6-4-3-5-7-18)27-12-17-8-10-19(11-9-17)33-15-26-14-28-33;1-2/h3-11,14-16,25,27,30H,12-13H2,1-2H3;1-2H3/b22-20-,25-21?;. The van der Waals surface area contributed by atoms with E-state index in [2.05, 4.69) is 25.7 Å². The van der Waals surface area contributed by atoms with Crippen LogP contribution >= 0.6 is 12.2 Å². The molecule has 10 heteroatoms. The highest BCUT2D eigenvalue weighted by molar-refractivity contribution is 7.71. The molecule has 0 aliphatic carbocycles. The Bertz CT molecular complexity index is 1550. The molecule has 2 aromatic carbocycles. The zero-order valence-corrected chi connectivity index (χ0v) is 21.8. The van der Waals surface area contributed by atoms with Gasteiger partial charge in [0.1, 0.15) is 28.6 Å². The Kier molecular flexibility index (Phi) is 7.74. The van der Waals surface area contributed by atoms with Crippen LogP contribution in [0.25, 0.3) is 11.5 Å². The molecule has 4 aromatic rings. The highest BCUT2D eigenvalue weighted by Gasteiger charge is 2.16. The van der Waals surface area contributed by atoms with E-state index >= 15 is 0 Å². The van der Waals surface area contributed by atoms with Crippen molar-refractivity contribution in [3.8, 4) is 5.69 Å². The fraction of sp³-hybridized carbons (Fsp3) is 0.269. The zero-order valence-electron chi connectivity index (χ0n) is 20.9. The van der Waals surface area contributed by atoms with Crippen LogP contribution in [0, 0.1) is 10.0 Å². The van der Waals surface area contributed by atoms with Gasteiger partial charge >= 0.3 is 0 Å². The number of benzene rings is 2. The molecule has 1 unspecified atom stereocenters. The van der Waals surface area contributed by atoms with Gasteiger partial charge in [-0.15, -0.1) is 0 Å². The molecule has 36 heavy (non-hydrogen) atoms. The van der Waals surface area contributed by atoms with E-state index in [0.29, 0.717) is 34.3 Å². The maximum absolute atomic E-state index is 8.95. The molecule has 0 spiro atoms. The van der Waals surface area contributed by atoms with Crippen molar-refractivity contribution in [3.05, 3.63) is 93.8 Å². The molecular weight excluding hydrogens is 470 g/mol. The summed E-state index contributed by atoms with van der Waals surface area (Å²) in [5, 5.41) is 20.7. The molecule has 0 bridgehead atoms. The van der Waals surface area contributed by atoms with E-state index < -0.39 is 0 Å². The summed E-state index contributed by atoms with van der Waals surface area (Å²) in [5.41, 5.74) is 4.00. The maximum atomic E-state index is 8.95. The molecule has 0 fully saturated rings.